The number of hydrogen-bond acceptors (Lipinski definition) is 8. The Balaban J connectivity index is 1.12. The molecule has 6 rings (SSSR count). The molecule has 2 aliphatic heterocycles. The van der Waals surface area contributed by atoms with Crippen LogP contribution < -0.4 is 20.5 Å². The molecule has 0 unspecified atom stereocenters. The van der Waals surface area contributed by atoms with E-state index in [0.717, 1.165) is 18.9 Å². The van der Waals surface area contributed by atoms with Crippen molar-refractivity contribution in [3.63, 3.8) is 0 Å². The summed E-state index contributed by atoms with van der Waals surface area (Å²) < 4.78 is 37.3. The van der Waals surface area contributed by atoms with Crippen molar-refractivity contribution in [2.75, 3.05) is 36.0 Å². The minimum absolute atomic E-state index is 0.0247. The van der Waals surface area contributed by atoms with Gasteiger partial charge in [-0.1, -0.05) is 0 Å². The van der Waals surface area contributed by atoms with E-state index in [0.29, 0.717) is 36.5 Å². The molecular weight excluding hydrogens is 584 g/mol. The van der Waals surface area contributed by atoms with E-state index in [9.17, 15) is 24.3 Å². The number of pyridine rings is 2. The van der Waals surface area contributed by atoms with Crippen molar-refractivity contribution in [1.82, 2.24) is 14.9 Å². The maximum absolute atomic E-state index is 15.2. The molecule has 1 atom stereocenters. The molecule has 2 saturated heterocycles. The van der Waals surface area contributed by atoms with Gasteiger partial charge in [0.25, 0.3) is 0 Å². The van der Waals surface area contributed by atoms with Gasteiger partial charge in [0.2, 0.25) is 11.3 Å². The average molecular weight is 614 g/mol. The molecule has 1 aliphatic carbocycles. The van der Waals surface area contributed by atoms with Crippen molar-refractivity contribution in [2.24, 2.45) is 0 Å². The zero-order valence-electron chi connectivity index (χ0n) is 23.2. The topological polar surface area (TPSA) is 134 Å². The lowest BCUT2D eigenvalue weighted by Gasteiger charge is -2.33. The molecule has 2 amide bonds. The molecule has 3 fully saturated rings. The first-order valence-corrected chi connectivity index (χ1v) is 14.9. The Labute approximate surface area is 248 Å². The van der Waals surface area contributed by atoms with Gasteiger partial charge in [-0.3, -0.25) is 14.5 Å². The van der Waals surface area contributed by atoms with Crippen LogP contribution in [0.5, 0.6) is 0 Å². The Hall–Kier alpha value is -4.20. The number of thioether (sulfide) groups is 1. The highest BCUT2D eigenvalue weighted by Crippen LogP contribution is 2.38. The molecule has 0 radical (unpaired) electrons. The second-order valence-electron chi connectivity index (χ2n) is 11.0. The van der Waals surface area contributed by atoms with Gasteiger partial charge in [-0.25, -0.2) is 23.4 Å². The molecule has 4 heterocycles. The number of aromatic carboxylic acids is 1. The minimum atomic E-state index is -1.36. The van der Waals surface area contributed by atoms with Crippen LogP contribution in [0.15, 0.2) is 40.2 Å². The molecule has 3 aromatic rings. The molecular formula is C29H29F2N5O6S. The lowest BCUT2D eigenvalue weighted by atomic mass is 10.1. The zero-order valence-corrected chi connectivity index (χ0v) is 24.0. The van der Waals surface area contributed by atoms with Gasteiger partial charge in [0.15, 0.2) is 11.6 Å². The van der Waals surface area contributed by atoms with Crippen molar-refractivity contribution in [1.29, 1.82) is 0 Å². The fourth-order valence-corrected chi connectivity index (χ4v) is 6.58. The predicted octanol–water partition coefficient (Wildman–Crippen LogP) is 3.93. The van der Waals surface area contributed by atoms with E-state index in [1.807, 2.05) is 0 Å². The molecule has 1 aromatic carbocycles. The van der Waals surface area contributed by atoms with Crippen LogP contribution in [0.3, 0.4) is 0 Å². The maximum atomic E-state index is 15.2. The number of ether oxygens (including phenoxy) is 1. The molecule has 2 aromatic heterocycles. The monoisotopic (exact) mass is 613 g/mol. The number of rotatable bonds is 8. The highest BCUT2D eigenvalue weighted by Gasteiger charge is 2.33. The average Bonchev–Trinajstić information content (AvgIpc) is 3.75. The van der Waals surface area contributed by atoms with Crippen molar-refractivity contribution in [2.45, 2.75) is 54.9 Å². The molecule has 43 heavy (non-hydrogen) atoms. The summed E-state index contributed by atoms with van der Waals surface area (Å²) in [6, 6.07) is 5.69. The molecule has 226 valence electrons. The Morgan fingerprint density at radius 3 is 2.51 bits per heavy atom. The standard InChI is InChI=1S/C29H29F2N5O6S/c1-15(37)32-12-18-13-36(29(41)42-18)17-4-5-24(22(30)10-17)43-19-6-8-34(9-7-19)27-23(31)11-20-25(38)21(28(39)40)14-35(16-2-3-16)26(20)33-27/h4-5,10-11,14,16,18-19H,2-3,6-9,12-13H2,1H3,(H,32,37)(H,39,40)/t18-/m0/s1. The largest absolute Gasteiger partial charge is 0.477 e. The summed E-state index contributed by atoms with van der Waals surface area (Å²) in [4.78, 5) is 55.8. The van der Waals surface area contributed by atoms with Crippen LogP contribution in [-0.2, 0) is 9.53 Å². The lowest BCUT2D eigenvalue weighted by Crippen LogP contribution is -2.36. The number of nitrogens with zero attached hydrogens (tertiary/aromatic N) is 4. The van der Waals surface area contributed by atoms with Crippen LogP contribution in [0.2, 0.25) is 0 Å². The summed E-state index contributed by atoms with van der Waals surface area (Å²) in [5, 5.41) is 12.1. The number of benzene rings is 1. The van der Waals surface area contributed by atoms with Crippen LogP contribution in [0, 0.1) is 11.6 Å². The maximum Gasteiger partial charge on any atom is 0.414 e. The smallest absolute Gasteiger partial charge is 0.414 e. The number of carbonyl (C=O) groups excluding carboxylic acids is 2. The Bertz CT molecular complexity index is 1690. The first-order valence-electron chi connectivity index (χ1n) is 14.0. The fourth-order valence-electron chi connectivity index (χ4n) is 5.46. The highest BCUT2D eigenvalue weighted by atomic mass is 32.2. The van der Waals surface area contributed by atoms with Gasteiger partial charge in [-0.15, -0.1) is 11.8 Å². The number of cyclic esters (lactones) is 1. The number of carboxylic acids is 1. The van der Waals surface area contributed by atoms with Crippen LogP contribution >= 0.6 is 11.8 Å². The summed E-state index contributed by atoms with van der Waals surface area (Å²) in [6.07, 6.45) is 3.08. The van der Waals surface area contributed by atoms with E-state index in [2.05, 4.69) is 10.3 Å². The van der Waals surface area contributed by atoms with E-state index in [-0.39, 0.29) is 47.1 Å². The Morgan fingerprint density at radius 1 is 1.12 bits per heavy atom. The summed E-state index contributed by atoms with van der Waals surface area (Å²) in [6.45, 7) is 2.67. The van der Waals surface area contributed by atoms with E-state index in [1.165, 1.54) is 35.8 Å². The van der Waals surface area contributed by atoms with Crippen molar-refractivity contribution in [3.05, 3.63) is 57.9 Å². The number of fused-ring (bicyclic) bond motifs is 1. The van der Waals surface area contributed by atoms with Crippen LogP contribution in [-0.4, -0.2) is 70.2 Å². The van der Waals surface area contributed by atoms with E-state index in [1.54, 1.807) is 21.6 Å². The number of piperidine rings is 1. The van der Waals surface area contributed by atoms with E-state index < -0.39 is 40.8 Å². The summed E-state index contributed by atoms with van der Waals surface area (Å²) in [7, 11) is 0. The first-order chi connectivity index (χ1) is 20.6. The number of aromatic nitrogens is 2. The highest BCUT2D eigenvalue weighted by molar-refractivity contribution is 8.00. The van der Waals surface area contributed by atoms with Gasteiger partial charge >= 0.3 is 12.1 Å². The molecule has 3 aliphatic rings. The predicted molar refractivity (Wildman–Crippen MR) is 155 cm³/mol. The number of halogens is 2. The van der Waals surface area contributed by atoms with Gasteiger partial charge in [0.1, 0.15) is 23.1 Å². The fraction of sp³-hybridized carbons (Fsp3) is 0.414. The number of carbonyl (C=O) groups is 3. The van der Waals surface area contributed by atoms with Crippen molar-refractivity contribution < 1.29 is 33.0 Å². The quantitative estimate of drug-likeness (QED) is 0.388. The number of anilines is 2. The van der Waals surface area contributed by atoms with Gasteiger partial charge in [-0.2, -0.15) is 0 Å². The minimum Gasteiger partial charge on any atom is -0.477 e. The van der Waals surface area contributed by atoms with E-state index >= 15 is 8.78 Å². The summed E-state index contributed by atoms with van der Waals surface area (Å²) in [5.74, 6) is -2.65. The van der Waals surface area contributed by atoms with Gasteiger partial charge in [0.05, 0.1) is 24.2 Å². The second kappa shape index (κ2) is 11.5. The lowest BCUT2D eigenvalue weighted by molar-refractivity contribution is -0.119. The normalized spacial score (nSPS) is 19.1. The molecule has 14 heteroatoms. The van der Waals surface area contributed by atoms with Gasteiger partial charge in [-0.05, 0) is 49.9 Å². The van der Waals surface area contributed by atoms with Crippen LogP contribution in [0.25, 0.3) is 11.0 Å². The van der Waals surface area contributed by atoms with Gasteiger partial charge < -0.3 is 24.6 Å². The third-order valence-electron chi connectivity index (χ3n) is 7.83. The SMILES string of the molecule is CC(=O)NC[C@H]1CN(c2ccc(SC3CCN(c4nc5c(cc4F)c(=O)c(C(=O)O)cn5C4CC4)CC3)c(F)c2)C(=O)O1. The third kappa shape index (κ3) is 5.88. The van der Waals surface area contributed by atoms with Crippen LogP contribution in [0.1, 0.15) is 49.0 Å². The first kappa shape index (κ1) is 28.9. The third-order valence-corrected chi connectivity index (χ3v) is 9.21. The molecule has 0 spiro atoms. The van der Waals surface area contributed by atoms with E-state index in [4.69, 9.17) is 4.74 Å². The van der Waals surface area contributed by atoms with Crippen LogP contribution in [0.4, 0.5) is 25.1 Å². The van der Waals surface area contributed by atoms with Crippen molar-refractivity contribution in [3.8, 4) is 0 Å². The molecule has 0 bridgehead atoms. The van der Waals surface area contributed by atoms with Gasteiger partial charge in [0, 0.05) is 42.4 Å². The number of nitrogens with one attached hydrogen (secondary N) is 1. The zero-order chi connectivity index (χ0) is 30.4. The molecule has 2 N–H and O–H groups in total. The van der Waals surface area contributed by atoms with Crippen molar-refractivity contribution >= 4 is 52.3 Å². The Morgan fingerprint density at radius 2 is 1.86 bits per heavy atom. The summed E-state index contributed by atoms with van der Waals surface area (Å²) in [5.41, 5.74) is -0.522. The summed E-state index contributed by atoms with van der Waals surface area (Å²) >= 11 is 1.38. The molecule has 1 saturated carbocycles. The number of amides is 2. The second-order valence-corrected chi connectivity index (χ2v) is 12.3. The number of carboxylic acid groups (broad SMARTS) is 1. The molecule has 11 nitrogen and oxygen atoms in total. The number of hydrogen-bond donors (Lipinski definition) is 2. The Kier molecular flexibility index (Phi) is 7.71.